The van der Waals surface area contributed by atoms with E-state index >= 15 is 0 Å². The molecule has 0 aliphatic carbocycles. The van der Waals surface area contributed by atoms with Crippen molar-refractivity contribution in [2.45, 2.75) is 18.2 Å². The van der Waals surface area contributed by atoms with Crippen LogP contribution in [0.4, 0.5) is 5.69 Å². The predicted molar refractivity (Wildman–Crippen MR) is 145 cm³/mol. The van der Waals surface area contributed by atoms with Crippen molar-refractivity contribution in [3.8, 4) is 11.4 Å². The number of benzene rings is 4. The van der Waals surface area contributed by atoms with Gasteiger partial charge in [0.25, 0.3) is 0 Å². The molecule has 6 nitrogen and oxygen atoms in total. The first kappa shape index (κ1) is 23.9. The lowest BCUT2D eigenvalue weighted by atomic mass is 10.1. The van der Waals surface area contributed by atoms with Crippen LogP contribution >= 0.6 is 23.4 Å². The van der Waals surface area contributed by atoms with Crippen LogP contribution in [0.15, 0.2) is 102 Å². The lowest BCUT2D eigenvalue weighted by molar-refractivity contribution is -0.113. The Kier molecular flexibility index (Phi) is 7.21. The van der Waals surface area contributed by atoms with Crippen molar-refractivity contribution >= 4 is 45.7 Å². The van der Waals surface area contributed by atoms with Crippen LogP contribution in [0.3, 0.4) is 0 Å². The van der Waals surface area contributed by atoms with Gasteiger partial charge in [-0.2, -0.15) is 0 Å². The SMILES string of the molecule is CC(Oc1ccccc1Cl)c1nnc(SCC(=O)Nc2ccc3ccccc3c2)n1-c1ccccc1. The zero-order valence-electron chi connectivity index (χ0n) is 19.5. The Morgan fingerprint density at radius 2 is 1.67 bits per heavy atom. The van der Waals surface area contributed by atoms with Crippen LogP contribution in [0.2, 0.25) is 5.02 Å². The average Bonchev–Trinajstić information content (AvgIpc) is 3.33. The number of nitrogens with zero attached hydrogens (tertiary/aromatic N) is 3. The fourth-order valence-corrected chi connectivity index (χ4v) is 4.77. The molecule has 36 heavy (non-hydrogen) atoms. The molecule has 0 saturated heterocycles. The van der Waals surface area contributed by atoms with Crippen LogP contribution in [-0.4, -0.2) is 26.4 Å². The standard InChI is InChI=1S/C28H23ClN4O2S/c1-19(35-25-14-8-7-13-24(25)29)27-31-32-28(33(27)23-11-3-2-4-12-23)36-18-26(34)30-22-16-15-20-9-5-6-10-21(20)17-22/h2-17,19H,18H2,1H3,(H,30,34). The number of para-hydroxylation sites is 2. The second-order valence-electron chi connectivity index (χ2n) is 8.10. The number of aromatic nitrogens is 3. The Labute approximate surface area is 218 Å². The summed E-state index contributed by atoms with van der Waals surface area (Å²) in [7, 11) is 0. The smallest absolute Gasteiger partial charge is 0.234 e. The molecule has 0 aliphatic heterocycles. The van der Waals surface area contributed by atoms with Crippen molar-refractivity contribution < 1.29 is 9.53 Å². The first-order chi connectivity index (χ1) is 17.6. The fraction of sp³-hybridized carbons (Fsp3) is 0.107. The molecular weight excluding hydrogens is 492 g/mol. The Bertz CT molecular complexity index is 1510. The molecule has 4 aromatic carbocycles. The number of amides is 1. The maximum absolute atomic E-state index is 12.8. The number of nitrogens with one attached hydrogen (secondary N) is 1. The third kappa shape index (κ3) is 5.37. The molecule has 5 aromatic rings. The molecule has 1 amide bonds. The summed E-state index contributed by atoms with van der Waals surface area (Å²) in [6, 6.07) is 31.0. The summed E-state index contributed by atoms with van der Waals surface area (Å²) in [5.74, 6) is 1.23. The van der Waals surface area contributed by atoms with E-state index in [4.69, 9.17) is 16.3 Å². The molecule has 1 unspecified atom stereocenters. The summed E-state index contributed by atoms with van der Waals surface area (Å²) < 4.78 is 8.01. The number of ether oxygens (including phenoxy) is 1. The Morgan fingerprint density at radius 3 is 2.47 bits per heavy atom. The van der Waals surface area contributed by atoms with Crippen molar-refractivity contribution in [2.75, 3.05) is 11.1 Å². The summed E-state index contributed by atoms with van der Waals surface area (Å²) in [4.78, 5) is 12.8. The predicted octanol–water partition coefficient (Wildman–Crippen LogP) is 6.94. The number of halogens is 1. The van der Waals surface area contributed by atoms with Crippen LogP contribution in [0.1, 0.15) is 18.9 Å². The lowest BCUT2D eigenvalue weighted by Crippen LogP contribution is -2.15. The number of carbonyl (C=O) groups excluding carboxylic acids is 1. The molecule has 0 radical (unpaired) electrons. The van der Waals surface area contributed by atoms with Gasteiger partial charge in [0.1, 0.15) is 5.75 Å². The second-order valence-corrected chi connectivity index (χ2v) is 9.45. The highest BCUT2D eigenvalue weighted by Crippen LogP contribution is 2.31. The largest absolute Gasteiger partial charge is 0.481 e. The van der Waals surface area contributed by atoms with Crippen LogP contribution < -0.4 is 10.1 Å². The van der Waals surface area contributed by atoms with Gasteiger partial charge in [-0.05, 0) is 54.1 Å². The van der Waals surface area contributed by atoms with Crippen LogP contribution in [0, 0.1) is 0 Å². The minimum atomic E-state index is -0.432. The van der Waals surface area contributed by atoms with Crippen molar-refractivity contribution in [1.82, 2.24) is 14.8 Å². The molecule has 0 bridgehead atoms. The Balaban J connectivity index is 1.34. The van der Waals surface area contributed by atoms with Crippen LogP contribution in [0.5, 0.6) is 5.75 Å². The average molecular weight is 515 g/mol. The number of anilines is 1. The van der Waals surface area contributed by atoms with E-state index in [9.17, 15) is 4.79 Å². The van der Waals surface area contributed by atoms with E-state index in [0.717, 1.165) is 22.1 Å². The maximum atomic E-state index is 12.8. The lowest BCUT2D eigenvalue weighted by Gasteiger charge is -2.17. The Hall–Kier alpha value is -3.81. The quantitative estimate of drug-likeness (QED) is 0.227. The Morgan fingerprint density at radius 1 is 0.944 bits per heavy atom. The summed E-state index contributed by atoms with van der Waals surface area (Å²) in [6.45, 7) is 1.90. The minimum Gasteiger partial charge on any atom is -0.481 e. The van der Waals surface area contributed by atoms with Gasteiger partial charge in [-0.25, -0.2) is 0 Å². The van der Waals surface area contributed by atoms with E-state index in [1.807, 2.05) is 102 Å². The third-order valence-corrected chi connectivity index (χ3v) is 6.78. The number of thioether (sulfide) groups is 1. The second kappa shape index (κ2) is 10.8. The van der Waals surface area contributed by atoms with E-state index in [-0.39, 0.29) is 11.7 Å². The van der Waals surface area contributed by atoms with Gasteiger partial charge in [-0.1, -0.05) is 84.0 Å². The van der Waals surface area contributed by atoms with Gasteiger partial charge in [0.05, 0.1) is 10.8 Å². The zero-order valence-corrected chi connectivity index (χ0v) is 21.0. The highest BCUT2D eigenvalue weighted by atomic mass is 35.5. The van der Waals surface area contributed by atoms with Gasteiger partial charge in [0.2, 0.25) is 5.91 Å². The van der Waals surface area contributed by atoms with E-state index < -0.39 is 6.10 Å². The summed E-state index contributed by atoms with van der Waals surface area (Å²) >= 11 is 7.60. The maximum Gasteiger partial charge on any atom is 0.234 e. The number of fused-ring (bicyclic) bond motifs is 1. The minimum absolute atomic E-state index is 0.125. The highest BCUT2D eigenvalue weighted by molar-refractivity contribution is 7.99. The topological polar surface area (TPSA) is 69.0 Å². The third-order valence-electron chi connectivity index (χ3n) is 5.54. The van der Waals surface area contributed by atoms with Gasteiger partial charge in [-0.3, -0.25) is 9.36 Å². The van der Waals surface area contributed by atoms with Crippen molar-refractivity contribution in [1.29, 1.82) is 0 Å². The zero-order chi connectivity index (χ0) is 24.9. The van der Waals surface area contributed by atoms with Gasteiger partial charge in [0, 0.05) is 11.4 Å². The monoisotopic (exact) mass is 514 g/mol. The summed E-state index contributed by atoms with van der Waals surface area (Å²) in [5, 5.41) is 15.1. The number of rotatable bonds is 8. The van der Waals surface area contributed by atoms with Crippen molar-refractivity contribution in [3.05, 3.63) is 108 Å². The highest BCUT2D eigenvalue weighted by Gasteiger charge is 2.22. The molecule has 0 spiro atoms. The molecule has 0 fully saturated rings. The van der Waals surface area contributed by atoms with E-state index in [1.165, 1.54) is 11.8 Å². The summed E-state index contributed by atoms with van der Waals surface area (Å²) in [5.41, 5.74) is 1.64. The molecule has 0 aliphatic rings. The van der Waals surface area contributed by atoms with E-state index in [0.29, 0.717) is 21.8 Å². The van der Waals surface area contributed by atoms with Gasteiger partial charge < -0.3 is 10.1 Å². The molecule has 1 N–H and O–H groups in total. The van der Waals surface area contributed by atoms with Crippen LogP contribution in [0.25, 0.3) is 16.5 Å². The molecule has 1 atom stereocenters. The molecule has 1 heterocycles. The van der Waals surface area contributed by atoms with E-state index in [2.05, 4.69) is 15.5 Å². The molecule has 8 heteroatoms. The molecule has 0 saturated carbocycles. The fourth-order valence-electron chi connectivity index (χ4n) is 3.84. The van der Waals surface area contributed by atoms with Gasteiger partial charge >= 0.3 is 0 Å². The number of hydrogen-bond acceptors (Lipinski definition) is 5. The normalized spacial score (nSPS) is 11.8. The van der Waals surface area contributed by atoms with Gasteiger partial charge in [0.15, 0.2) is 17.1 Å². The summed E-state index contributed by atoms with van der Waals surface area (Å²) in [6.07, 6.45) is -0.432. The molecule has 1 aromatic heterocycles. The number of carbonyl (C=O) groups is 1. The van der Waals surface area contributed by atoms with E-state index in [1.54, 1.807) is 6.07 Å². The first-order valence-electron chi connectivity index (χ1n) is 11.4. The van der Waals surface area contributed by atoms with Crippen LogP contribution in [-0.2, 0) is 4.79 Å². The molecule has 5 rings (SSSR count). The van der Waals surface area contributed by atoms with Crippen molar-refractivity contribution in [3.63, 3.8) is 0 Å². The molecular formula is C28H23ClN4O2S. The number of hydrogen-bond donors (Lipinski definition) is 1. The molecule has 180 valence electrons. The van der Waals surface area contributed by atoms with Crippen molar-refractivity contribution in [2.24, 2.45) is 0 Å². The first-order valence-corrected chi connectivity index (χ1v) is 12.8. The van der Waals surface area contributed by atoms with Gasteiger partial charge in [-0.15, -0.1) is 10.2 Å².